The second-order valence-electron chi connectivity index (χ2n) is 4.10. The molecule has 0 saturated heterocycles. The zero-order valence-electron chi connectivity index (χ0n) is 10.6. The maximum absolute atomic E-state index is 12.3. The van der Waals surface area contributed by atoms with Crippen LogP contribution in [0.5, 0.6) is 5.75 Å². The number of hydrogen-bond donors (Lipinski definition) is 0. The van der Waals surface area contributed by atoms with Gasteiger partial charge in [-0.05, 0) is 6.07 Å². The fourth-order valence-electron chi connectivity index (χ4n) is 1.78. The van der Waals surface area contributed by atoms with Crippen LogP contribution >= 0.6 is 0 Å². The maximum atomic E-state index is 12.3. The van der Waals surface area contributed by atoms with Crippen molar-refractivity contribution in [3.05, 3.63) is 68.6 Å². The van der Waals surface area contributed by atoms with Crippen molar-refractivity contribution in [1.29, 1.82) is 0 Å². The van der Waals surface area contributed by atoms with Gasteiger partial charge in [-0.15, -0.1) is 0 Å². The third kappa shape index (κ3) is 3.62. The first kappa shape index (κ1) is 14.6. The van der Waals surface area contributed by atoms with E-state index < -0.39 is 17.1 Å². The minimum absolute atomic E-state index is 0.0779. The monoisotopic (exact) mass is 296 g/mol. The van der Waals surface area contributed by atoms with Gasteiger partial charge in [0, 0.05) is 17.7 Å². The minimum Gasteiger partial charge on any atom is -0.434 e. The number of nitrogens with zero attached hydrogens (tertiary/aromatic N) is 2. The summed E-state index contributed by atoms with van der Waals surface area (Å²) in [4.78, 5) is 21.7. The Morgan fingerprint density at radius 2 is 1.95 bits per heavy atom. The summed E-state index contributed by atoms with van der Waals surface area (Å²) in [7, 11) is 0. The molecule has 0 aliphatic heterocycles. The molecule has 0 amide bonds. The van der Waals surface area contributed by atoms with E-state index in [9.17, 15) is 23.7 Å². The highest BCUT2D eigenvalue weighted by Gasteiger charge is 2.12. The molecule has 2 aromatic rings. The molecule has 110 valence electrons. The van der Waals surface area contributed by atoms with Gasteiger partial charge in [-0.3, -0.25) is 14.9 Å². The Morgan fingerprint density at radius 3 is 2.62 bits per heavy atom. The Hall–Kier alpha value is -2.77. The van der Waals surface area contributed by atoms with Gasteiger partial charge < -0.3 is 9.30 Å². The number of pyridine rings is 1. The number of aromatic nitrogens is 1. The molecule has 0 radical (unpaired) electrons. The molecule has 6 nitrogen and oxygen atoms in total. The molecule has 2 rings (SSSR count). The van der Waals surface area contributed by atoms with Crippen LogP contribution in [0.2, 0.25) is 0 Å². The number of nitro groups is 1. The Morgan fingerprint density at radius 1 is 1.24 bits per heavy atom. The second-order valence-corrected chi connectivity index (χ2v) is 4.10. The Labute approximate surface area is 117 Å². The predicted octanol–water partition coefficient (Wildman–Crippen LogP) is 2.41. The van der Waals surface area contributed by atoms with E-state index >= 15 is 0 Å². The van der Waals surface area contributed by atoms with E-state index in [1.165, 1.54) is 18.2 Å². The smallest absolute Gasteiger partial charge is 0.387 e. The SMILES string of the molecule is O=c1ccc([N+](=O)[O-])cn1Cc1ccccc1OC(F)F. The average molecular weight is 296 g/mol. The fraction of sp³-hybridized carbons (Fsp3) is 0.154. The van der Waals surface area contributed by atoms with E-state index in [1.807, 2.05) is 0 Å². The van der Waals surface area contributed by atoms with Gasteiger partial charge in [0.05, 0.1) is 17.7 Å². The lowest BCUT2D eigenvalue weighted by Crippen LogP contribution is -2.20. The van der Waals surface area contributed by atoms with Crippen LogP contribution in [0, 0.1) is 10.1 Å². The second kappa shape index (κ2) is 6.12. The predicted molar refractivity (Wildman–Crippen MR) is 69.5 cm³/mol. The van der Waals surface area contributed by atoms with Crippen molar-refractivity contribution >= 4 is 5.69 Å². The molecule has 0 N–H and O–H groups in total. The number of ether oxygens (including phenoxy) is 1. The molecule has 1 aromatic carbocycles. The van der Waals surface area contributed by atoms with Gasteiger partial charge in [-0.25, -0.2) is 0 Å². The Kier molecular flexibility index (Phi) is 4.27. The van der Waals surface area contributed by atoms with Crippen LogP contribution in [0.4, 0.5) is 14.5 Å². The quantitative estimate of drug-likeness (QED) is 0.627. The van der Waals surface area contributed by atoms with E-state index in [2.05, 4.69) is 4.74 Å². The van der Waals surface area contributed by atoms with Crippen LogP contribution in [-0.4, -0.2) is 16.1 Å². The van der Waals surface area contributed by atoms with E-state index in [0.29, 0.717) is 5.56 Å². The van der Waals surface area contributed by atoms with Crippen molar-refractivity contribution in [3.8, 4) is 5.75 Å². The molecule has 0 bridgehead atoms. The average Bonchev–Trinajstić information content (AvgIpc) is 2.42. The van der Waals surface area contributed by atoms with Crippen LogP contribution < -0.4 is 10.3 Å². The van der Waals surface area contributed by atoms with Crippen molar-refractivity contribution in [2.45, 2.75) is 13.2 Å². The summed E-state index contributed by atoms with van der Waals surface area (Å²) in [6.45, 7) is -3.10. The highest BCUT2D eigenvalue weighted by atomic mass is 19.3. The molecule has 0 aliphatic rings. The number of halogens is 2. The maximum Gasteiger partial charge on any atom is 0.387 e. The molecule has 1 heterocycles. The topological polar surface area (TPSA) is 74.4 Å². The van der Waals surface area contributed by atoms with Gasteiger partial charge in [0.25, 0.3) is 11.2 Å². The van der Waals surface area contributed by atoms with Crippen molar-refractivity contribution in [1.82, 2.24) is 4.57 Å². The molecular weight excluding hydrogens is 286 g/mol. The zero-order valence-corrected chi connectivity index (χ0v) is 10.6. The lowest BCUT2D eigenvalue weighted by atomic mass is 10.2. The van der Waals surface area contributed by atoms with Gasteiger partial charge in [-0.1, -0.05) is 18.2 Å². The summed E-state index contributed by atoms with van der Waals surface area (Å²) in [5.41, 5.74) is -0.422. The number of hydrogen-bond acceptors (Lipinski definition) is 4. The Balaban J connectivity index is 2.36. The lowest BCUT2D eigenvalue weighted by molar-refractivity contribution is -0.385. The van der Waals surface area contributed by atoms with Crippen LogP contribution in [0.15, 0.2) is 47.4 Å². The first-order valence-electron chi connectivity index (χ1n) is 5.85. The number of para-hydroxylation sites is 1. The summed E-state index contributed by atoms with van der Waals surface area (Å²) < 4.78 is 30.0. The summed E-state index contributed by atoms with van der Waals surface area (Å²) in [6, 6.07) is 8.08. The third-order valence-electron chi connectivity index (χ3n) is 2.71. The first-order chi connectivity index (χ1) is 9.97. The van der Waals surface area contributed by atoms with Crippen LogP contribution in [0.1, 0.15) is 5.56 Å². The normalized spacial score (nSPS) is 10.6. The molecule has 0 spiro atoms. The molecule has 0 fully saturated rings. The molecule has 1 aromatic heterocycles. The summed E-state index contributed by atoms with van der Waals surface area (Å²) in [5, 5.41) is 10.7. The van der Waals surface area contributed by atoms with Crippen molar-refractivity contribution in [2.75, 3.05) is 0 Å². The van der Waals surface area contributed by atoms with Gasteiger partial charge in [0.15, 0.2) is 0 Å². The summed E-state index contributed by atoms with van der Waals surface area (Å²) in [5.74, 6) is -0.0779. The molecular formula is C13H10F2N2O4. The van der Waals surface area contributed by atoms with Crippen LogP contribution in [0.3, 0.4) is 0 Å². The molecule has 0 aliphatic carbocycles. The highest BCUT2D eigenvalue weighted by molar-refractivity contribution is 5.34. The first-order valence-corrected chi connectivity index (χ1v) is 5.85. The lowest BCUT2D eigenvalue weighted by Gasteiger charge is -2.11. The van der Waals surface area contributed by atoms with Crippen molar-refractivity contribution < 1.29 is 18.4 Å². The number of benzene rings is 1. The fourth-order valence-corrected chi connectivity index (χ4v) is 1.78. The highest BCUT2D eigenvalue weighted by Crippen LogP contribution is 2.21. The standard InChI is InChI=1S/C13H10F2N2O4/c14-13(15)21-11-4-2-1-3-9(11)7-16-8-10(17(19)20)5-6-12(16)18/h1-6,8,13H,7H2. The van der Waals surface area contributed by atoms with E-state index in [-0.39, 0.29) is 18.0 Å². The van der Waals surface area contributed by atoms with Gasteiger partial charge in [0.1, 0.15) is 5.75 Å². The van der Waals surface area contributed by atoms with E-state index in [4.69, 9.17) is 0 Å². The zero-order chi connectivity index (χ0) is 15.4. The van der Waals surface area contributed by atoms with E-state index in [1.54, 1.807) is 6.07 Å². The molecule has 0 atom stereocenters. The third-order valence-corrected chi connectivity index (χ3v) is 2.71. The van der Waals surface area contributed by atoms with Crippen LogP contribution in [-0.2, 0) is 6.54 Å². The summed E-state index contributed by atoms with van der Waals surface area (Å²) >= 11 is 0. The Bertz CT molecular complexity index is 715. The molecule has 0 unspecified atom stereocenters. The largest absolute Gasteiger partial charge is 0.434 e. The van der Waals surface area contributed by atoms with E-state index in [0.717, 1.165) is 22.9 Å². The molecule has 0 saturated carbocycles. The van der Waals surface area contributed by atoms with Crippen molar-refractivity contribution in [2.24, 2.45) is 0 Å². The van der Waals surface area contributed by atoms with Gasteiger partial charge in [0.2, 0.25) is 0 Å². The number of rotatable bonds is 5. The summed E-state index contributed by atoms with van der Waals surface area (Å²) in [6.07, 6.45) is 1.06. The minimum atomic E-state index is -2.99. The molecule has 8 heteroatoms. The van der Waals surface area contributed by atoms with Gasteiger partial charge >= 0.3 is 6.61 Å². The van der Waals surface area contributed by atoms with Crippen LogP contribution in [0.25, 0.3) is 0 Å². The van der Waals surface area contributed by atoms with Crippen molar-refractivity contribution in [3.63, 3.8) is 0 Å². The van der Waals surface area contributed by atoms with Gasteiger partial charge in [-0.2, -0.15) is 8.78 Å². The molecule has 21 heavy (non-hydrogen) atoms. The number of alkyl halides is 2.